The highest BCUT2D eigenvalue weighted by Crippen LogP contribution is 2.28. The highest BCUT2D eigenvalue weighted by molar-refractivity contribution is 7.20. The second-order valence-electron chi connectivity index (χ2n) is 5.32. The van der Waals surface area contributed by atoms with Crippen LogP contribution in [0.4, 0.5) is 5.13 Å². The molecule has 1 saturated heterocycles. The van der Waals surface area contributed by atoms with Crippen LogP contribution < -0.4 is 10.6 Å². The van der Waals surface area contributed by atoms with Crippen LogP contribution in [0.1, 0.15) is 25.5 Å². The summed E-state index contributed by atoms with van der Waals surface area (Å²) in [6, 6.07) is 0. The average molecular weight is 291 g/mol. The molecule has 3 heterocycles. The van der Waals surface area contributed by atoms with E-state index in [0.29, 0.717) is 5.69 Å². The number of hydrogen-bond donors (Lipinski definition) is 2. The summed E-state index contributed by atoms with van der Waals surface area (Å²) in [5.41, 5.74) is 6.79. The fourth-order valence-corrected chi connectivity index (χ4v) is 3.16. The van der Waals surface area contributed by atoms with Crippen LogP contribution in [0.25, 0.3) is 4.96 Å². The van der Waals surface area contributed by atoms with Crippen molar-refractivity contribution in [2.45, 2.75) is 25.3 Å². The number of aliphatic hydroxyl groups is 1. The third kappa shape index (κ3) is 2.50. The molecular formula is C13H17N5OS. The quantitative estimate of drug-likeness (QED) is 0.746. The second-order valence-corrected chi connectivity index (χ2v) is 6.26. The zero-order valence-corrected chi connectivity index (χ0v) is 12.2. The largest absolute Gasteiger partial charge is 0.384 e. The molecule has 2 aromatic rings. The van der Waals surface area contributed by atoms with Crippen LogP contribution in [0.5, 0.6) is 0 Å². The molecule has 7 heteroatoms. The third-order valence-electron chi connectivity index (χ3n) is 3.55. The molecule has 3 N–H and O–H groups in total. The van der Waals surface area contributed by atoms with Crippen molar-refractivity contribution >= 4 is 21.4 Å². The number of fused-ring (bicyclic) bond motifs is 1. The Hall–Kier alpha value is -1.62. The van der Waals surface area contributed by atoms with Crippen LogP contribution in [0.3, 0.4) is 0 Å². The molecular weight excluding hydrogens is 274 g/mol. The van der Waals surface area contributed by atoms with Gasteiger partial charge in [-0.3, -0.25) is 0 Å². The molecule has 0 spiro atoms. The number of nitrogens with two attached hydrogens (primary N) is 1. The number of nitrogens with zero attached hydrogens (tertiary/aromatic N) is 4. The maximum atomic E-state index is 8.75. The van der Waals surface area contributed by atoms with Gasteiger partial charge in [0.25, 0.3) is 0 Å². The van der Waals surface area contributed by atoms with Gasteiger partial charge in [-0.05, 0) is 25.7 Å². The topological polar surface area (TPSA) is 79.7 Å². The summed E-state index contributed by atoms with van der Waals surface area (Å²) in [4.78, 5) is 7.37. The molecule has 0 saturated carbocycles. The minimum Gasteiger partial charge on any atom is -0.384 e. The molecule has 0 radical (unpaired) electrons. The Kier molecular flexibility index (Phi) is 3.38. The van der Waals surface area contributed by atoms with Crippen molar-refractivity contribution in [3.63, 3.8) is 0 Å². The van der Waals surface area contributed by atoms with E-state index in [1.165, 1.54) is 0 Å². The molecule has 20 heavy (non-hydrogen) atoms. The lowest BCUT2D eigenvalue weighted by molar-refractivity contribution is 0.350. The van der Waals surface area contributed by atoms with Gasteiger partial charge < -0.3 is 15.7 Å². The standard InChI is InChI=1S/C13H17N5OS/c1-13(14)4-6-17(7-5-13)12-16-18-10(3-2-8-19)9-15-11(18)20-12/h9,19H,4-8,14H2,1H3. The van der Waals surface area contributed by atoms with Crippen molar-refractivity contribution in [1.82, 2.24) is 14.6 Å². The molecule has 2 aromatic heterocycles. The Bertz CT molecular complexity index is 668. The van der Waals surface area contributed by atoms with Crippen LogP contribution in [0.15, 0.2) is 6.20 Å². The summed E-state index contributed by atoms with van der Waals surface area (Å²) < 4.78 is 1.74. The highest BCUT2D eigenvalue weighted by atomic mass is 32.1. The molecule has 0 aliphatic carbocycles. The van der Waals surface area contributed by atoms with Gasteiger partial charge >= 0.3 is 0 Å². The van der Waals surface area contributed by atoms with E-state index in [1.807, 2.05) is 0 Å². The number of imidazole rings is 1. The SMILES string of the molecule is CC1(N)CCN(c2nn3c(C#CCO)cnc3s2)CC1. The first-order valence-corrected chi connectivity index (χ1v) is 7.39. The molecule has 0 aromatic carbocycles. The Labute approximate surface area is 121 Å². The summed E-state index contributed by atoms with van der Waals surface area (Å²) >= 11 is 1.55. The van der Waals surface area contributed by atoms with Crippen LogP contribution in [-0.4, -0.2) is 44.9 Å². The predicted molar refractivity (Wildman–Crippen MR) is 78.9 cm³/mol. The fraction of sp³-hybridized carbons (Fsp3) is 0.538. The Balaban J connectivity index is 1.85. The lowest BCUT2D eigenvalue weighted by Crippen LogP contribution is -2.48. The highest BCUT2D eigenvalue weighted by Gasteiger charge is 2.27. The van der Waals surface area contributed by atoms with E-state index in [1.54, 1.807) is 22.0 Å². The summed E-state index contributed by atoms with van der Waals surface area (Å²) in [6.07, 6.45) is 3.61. The molecule has 3 rings (SSSR count). The molecule has 1 aliphatic heterocycles. The average Bonchev–Trinajstić information content (AvgIpc) is 2.97. The molecule has 0 amide bonds. The zero-order valence-electron chi connectivity index (χ0n) is 11.3. The molecule has 1 fully saturated rings. The maximum Gasteiger partial charge on any atom is 0.215 e. The molecule has 6 nitrogen and oxygen atoms in total. The number of aromatic nitrogens is 3. The first-order chi connectivity index (χ1) is 9.59. The minimum absolute atomic E-state index is 0.0638. The molecule has 0 atom stereocenters. The van der Waals surface area contributed by atoms with Crippen molar-refractivity contribution in [3.8, 4) is 11.8 Å². The zero-order chi connectivity index (χ0) is 14.2. The van der Waals surface area contributed by atoms with Gasteiger partial charge in [-0.25, -0.2) is 4.98 Å². The lowest BCUT2D eigenvalue weighted by atomic mass is 9.91. The van der Waals surface area contributed by atoms with Crippen molar-refractivity contribution in [1.29, 1.82) is 0 Å². The van der Waals surface area contributed by atoms with E-state index >= 15 is 0 Å². The normalized spacial score (nSPS) is 18.1. The van der Waals surface area contributed by atoms with E-state index in [9.17, 15) is 0 Å². The van der Waals surface area contributed by atoms with Crippen LogP contribution in [0.2, 0.25) is 0 Å². The van der Waals surface area contributed by atoms with Gasteiger partial charge in [0.1, 0.15) is 12.3 Å². The van der Waals surface area contributed by atoms with Gasteiger partial charge in [0.15, 0.2) is 0 Å². The summed E-state index contributed by atoms with van der Waals surface area (Å²) in [6.45, 7) is 3.77. The van der Waals surface area contributed by atoms with Gasteiger partial charge in [0.05, 0.1) is 6.20 Å². The summed E-state index contributed by atoms with van der Waals surface area (Å²) in [5, 5.41) is 14.3. The Morgan fingerprint density at radius 3 is 2.95 bits per heavy atom. The van der Waals surface area contributed by atoms with E-state index < -0.39 is 0 Å². The number of anilines is 1. The Morgan fingerprint density at radius 1 is 1.50 bits per heavy atom. The maximum absolute atomic E-state index is 8.75. The number of hydrogen-bond acceptors (Lipinski definition) is 6. The summed E-state index contributed by atoms with van der Waals surface area (Å²) in [7, 11) is 0. The second kappa shape index (κ2) is 5.05. The van der Waals surface area contributed by atoms with Crippen LogP contribution in [-0.2, 0) is 0 Å². The molecule has 106 valence electrons. The molecule has 0 bridgehead atoms. The van der Waals surface area contributed by atoms with Gasteiger partial charge in [-0.1, -0.05) is 17.3 Å². The van der Waals surface area contributed by atoms with Crippen molar-refractivity contribution in [2.75, 3.05) is 24.6 Å². The fourth-order valence-electron chi connectivity index (χ4n) is 2.23. The lowest BCUT2D eigenvalue weighted by Gasteiger charge is -2.36. The van der Waals surface area contributed by atoms with Gasteiger partial charge in [-0.15, -0.1) is 5.10 Å². The van der Waals surface area contributed by atoms with Crippen LogP contribution >= 0.6 is 11.3 Å². The van der Waals surface area contributed by atoms with E-state index in [0.717, 1.165) is 36.0 Å². The van der Waals surface area contributed by atoms with Crippen molar-refractivity contribution in [3.05, 3.63) is 11.9 Å². The molecule has 1 aliphatic rings. The third-order valence-corrected chi connectivity index (χ3v) is 4.53. The van der Waals surface area contributed by atoms with Crippen LogP contribution in [0, 0.1) is 11.8 Å². The predicted octanol–water partition coefficient (Wildman–Crippen LogP) is 0.452. The number of aliphatic hydroxyl groups excluding tert-OH is 1. The monoisotopic (exact) mass is 291 g/mol. The van der Waals surface area contributed by atoms with Gasteiger partial charge in [0, 0.05) is 18.6 Å². The Morgan fingerprint density at radius 2 is 2.25 bits per heavy atom. The van der Waals surface area contributed by atoms with Crippen molar-refractivity contribution in [2.24, 2.45) is 5.73 Å². The first-order valence-electron chi connectivity index (χ1n) is 6.57. The van der Waals surface area contributed by atoms with Crippen molar-refractivity contribution < 1.29 is 5.11 Å². The minimum atomic E-state index is -0.161. The van der Waals surface area contributed by atoms with E-state index in [-0.39, 0.29) is 12.1 Å². The number of rotatable bonds is 1. The number of piperidine rings is 1. The smallest absolute Gasteiger partial charge is 0.215 e. The molecule has 0 unspecified atom stereocenters. The van der Waals surface area contributed by atoms with Gasteiger partial charge in [-0.2, -0.15) is 4.52 Å². The summed E-state index contributed by atoms with van der Waals surface area (Å²) in [5.74, 6) is 5.47. The first kappa shape index (κ1) is 13.4. The van der Waals surface area contributed by atoms with E-state index in [4.69, 9.17) is 10.8 Å². The van der Waals surface area contributed by atoms with Gasteiger partial charge in [0.2, 0.25) is 10.1 Å². The van der Waals surface area contributed by atoms with E-state index in [2.05, 4.69) is 33.7 Å².